The molecule has 0 bridgehead atoms. The summed E-state index contributed by atoms with van der Waals surface area (Å²) in [5.41, 5.74) is 0.790. The van der Waals surface area contributed by atoms with Gasteiger partial charge in [0.05, 0.1) is 6.04 Å². The van der Waals surface area contributed by atoms with Crippen molar-refractivity contribution in [1.29, 1.82) is 0 Å². The Balaban J connectivity index is 0.00000306. The van der Waals surface area contributed by atoms with Gasteiger partial charge in [0, 0.05) is 25.1 Å². The molecule has 2 amide bonds. The molecule has 0 unspecified atom stereocenters. The summed E-state index contributed by atoms with van der Waals surface area (Å²) < 4.78 is 7.06. The zero-order valence-corrected chi connectivity index (χ0v) is 24.4. The molecule has 3 aromatic rings. The number of hydrogen-bond acceptors (Lipinski definition) is 6. The van der Waals surface area contributed by atoms with Gasteiger partial charge in [-0.1, -0.05) is 36.1 Å². The maximum Gasteiger partial charge on any atom is 1.00 e. The van der Waals surface area contributed by atoms with Crippen molar-refractivity contribution >= 4 is 17.7 Å². The molecule has 0 spiro atoms. The zero-order chi connectivity index (χ0) is 24.1. The number of hydrogen-bond donors (Lipinski definition) is 2. The number of nitrogens with zero attached hydrogens (tertiary/aromatic N) is 1. The summed E-state index contributed by atoms with van der Waals surface area (Å²) in [6.07, 6.45) is -0.512. The molecule has 1 atom stereocenters. The van der Waals surface area contributed by atoms with E-state index in [1.807, 2.05) is 31.2 Å². The second kappa shape index (κ2) is 13.7. The first kappa shape index (κ1) is 30.8. The number of carbonyl (C=O) groups is 2. The number of rotatable bonds is 7. The molecule has 1 aromatic heterocycles. The van der Waals surface area contributed by atoms with E-state index >= 15 is 0 Å². The maximum atomic E-state index is 12.5. The number of urea groups is 1. The molecule has 0 saturated carbocycles. The normalized spacial score (nSPS) is 10.8. The number of carbonyl (C=O) groups excluding carboxylic acids is 2. The second-order valence-electron chi connectivity index (χ2n) is 7.55. The molecule has 35 heavy (non-hydrogen) atoms. The van der Waals surface area contributed by atoms with Crippen LogP contribution in [0.25, 0.3) is 0 Å². The number of aromatic nitrogens is 1. The minimum absolute atomic E-state index is 0. The third kappa shape index (κ3) is 8.13. The number of aliphatic carboxylic acids is 1. The van der Waals surface area contributed by atoms with Crippen LogP contribution in [-0.4, -0.2) is 16.6 Å². The zero-order valence-electron chi connectivity index (χ0n) is 20.4. The van der Waals surface area contributed by atoms with Gasteiger partial charge in [-0.25, -0.2) is 4.79 Å². The summed E-state index contributed by atoms with van der Waals surface area (Å²) in [6.45, 7) is 3.51. The van der Waals surface area contributed by atoms with Crippen molar-refractivity contribution in [3.8, 4) is 17.2 Å². The van der Waals surface area contributed by atoms with Gasteiger partial charge in [-0.05, 0) is 49.2 Å². The predicted octanol–water partition coefficient (Wildman–Crippen LogP) is -4.12. The summed E-state index contributed by atoms with van der Waals surface area (Å²) >= 11 is 0. The number of ether oxygens (including phenoxy) is 1. The van der Waals surface area contributed by atoms with Gasteiger partial charge in [0.2, 0.25) is 0 Å². The van der Waals surface area contributed by atoms with Crippen LogP contribution in [-0.2, 0) is 11.8 Å². The van der Waals surface area contributed by atoms with E-state index in [0.29, 0.717) is 22.8 Å². The first-order valence-corrected chi connectivity index (χ1v) is 10.1. The number of pyridine rings is 1. The number of aryl methyl sites for hydroxylation is 2. The third-order valence-corrected chi connectivity index (χ3v) is 5.15. The largest absolute Gasteiger partial charge is 1.00 e. The van der Waals surface area contributed by atoms with Crippen molar-refractivity contribution in [2.75, 3.05) is 5.32 Å². The molecule has 11 heteroatoms. The van der Waals surface area contributed by atoms with Gasteiger partial charge >= 0.3 is 65.1 Å². The molecule has 0 radical (unpaired) electrons. The van der Waals surface area contributed by atoms with Crippen molar-refractivity contribution in [3.05, 3.63) is 81.8 Å². The number of benzene rings is 2. The van der Waals surface area contributed by atoms with Gasteiger partial charge in [0.25, 0.3) is 5.56 Å². The van der Waals surface area contributed by atoms with Crippen LogP contribution in [0.2, 0.25) is 0 Å². The van der Waals surface area contributed by atoms with E-state index in [9.17, 15) is 24.6 Å². The molecule has 9 nitrogen and oxygen atoms in total. The minimum Gasteiger partial charge on any atom is -0.871 e. The van der Waals surface area contributed by atoms with Crippen LogP contribution in [0.3, 0.4) is 0 Å². The van der Waals surface area contributed by atoms with E-state index in [0.717, 1.165) is 5.56 Å². The molecule has 1 heterocycles. The van der Waals surface area contributed by atoms with Crippen molar-refractivity contribution in [3.63, 3.8) is 0 Å². The van der Waals surface area contributed by atoms with Crippen LogP contribution in [0.1, 0.15) is 29.3 Å². The summed E-state index contributed by atoms with van der Waals surface area (Å²) in [4.78, 5) is 36.0. The standard InChI is InChI=1S/C24H25N3O6.2Na/c1-14-6-4-5-7-20(14)33-17-10-8-16(9-11-17)18(13-21(29)30)25-24(32)26-22-19(28)12-15(2)27(3)23(22)31;;/h4-12,18,28H,13H2,1-3H3,(H,29,30)(H2,25,26,32);;/q;2*+1/p-2/t18-;;/m0../s1. The molecule has 0 aliphatic carbocycles. The topological polar surface area (TPSA) is 136 Å². The molecular weight excluding hydrogens is 472 g/mol. The maximum absolute atomic E-state index is 12.5. The van der Waals surface area contributed by atoms with E-state index < -0.39 is 41.5 Å². The van der Waals surface area contributed by atoms with Crippen LogP contribution in [0, 0.1) is 13.8 Å². The summed E-state index contributed by atoms with van der Waals surface area (Å²) in [7, 11) is 1.47. The van der Waals surface area contributed by atoms with Gasteiger partial charge in [0.1, 0.15) is 17.2 Å². The van der Waals surface area contributed by atoms with Gasteiger partial charge in [-0.2, -0.15) is 0 Å². The Hall–Kier alpha value is -2.27. The first-order valence-electron chi connectivity index (χ1n) is 10.1. The van der Waals surface area contributed by atoms with Crippen LogP contribution < -0.4 is 90.3 Å². The Morgan fingerprint density at radius 3 is 2.29 bits per heavy atom. The number of nitrogens with one attached hydrogen (secondary N) is 2. The monoisotopic (exact) mass is 495 g/mol. The summed E-state index contributed by atoms with van der Waals surface area (Å²) in [5, 5.41) is 28.1. The smallest absolute Gasteiger partial charge is 0.871 e. The van der Waals surface area contributed by atoms with E-state index in [1.165, 1.54) is 17.7 Å². The minimum atomic E-state index is -1.38. The molecular formula is C24H23N3Na2O6. The quantitative estimate of drug-likeness (QED) is 0.320. The summed E-state index contributed by atoms with van der Waals surface area (Å²) in [6, 6.07) is 13.4. The average molecular weight is 495 g/mol. The van der Waals surface area contributed by atoms with Gasteiger partial charge < -0.3 is 34.9 Å². The van der Waals surface area contributed by atoms with Crippen molar-refractivity contribution < 1.29 is 83.7 Å². The van der Waals surface area contributed by atoms with Crippen LogP contribution >= 0.6 is 0 Å². The fraction of sp³-hybridized carbons (Fsp3) is 0.208. The summed E-state index contributed by atoms with van der Waals surface area (Å²) in [5.74, 6) is -0.804. The predicted molar refractivity (Wildman–Crippen MR) is 118 cm³/mol. The number of para-hydroxylation sites is 1. The fourth-order valence-corrected chi connectivity index (χ4v) is 3.20. The van der Waals surface area contributed by atoms with Crippen molar-refractivity contribution in [2.24, 2.45) is 7.05 Å². The molecule has 0 aliphatic rings. The average Bonchev–Trinajstić information content (AvgIpc) is 2.76. The van der Waals surface area contributed by atoms with Crippen LogP contribution in [0.15, 0.2) is 59.4 Å². The fourth-order valence-electron chi connectivity index (χ4n) is 3.20. The van der Waals surface area contributed by atoms with E-state index in [-0.39, 0.29) is 59.1 Å². The Kier molecular flexibility index (Phi) is 12.1. The molecule has 172 valence electrons. The van der Waals surface area contributed by atoms with Gasteiger partial charge in [-0.3, -0.25) is 4.79 Å². The van der Waals surface area contributed by atoms with Crippen LogP contribution in [0.5, 0.6) is 17.2 Å². The number of carboxylic acid groups (broad SMARTS) is 1. The number of carboxylic acids is 1. The van der Waals surface area contributed by atoms with Crippen molar-refractivity contribution in [2.45, 2.75) is 26.3 Å². The molecule has 0 fully saturated rings. The Morgan fingerprint density at radius 2 is 1.69 bits per heavy atom. The second-order valence-corrected chi connectivity index (χ2v) is 7.55. The van der Waals surface area contributed by atoms with Gasteiger partial charge in [0.15, 0.2) is 0 Å². The molecule has 0 aliphatic heterocycles. The number of anilines is 1. The third-order valence-electron chi connectivity index (χ3n) is 5.15. The molecule has 0 saturated heterocycles. The van der Waals surface area contributed by atoms with Gasteiger partial charge in [-0.15, -0.1) is 0 Å². The Morgan fingerprint density at radius 1 is 1.06 bits per heavy atom. The van der Waals surface area contributed by atoms with Crippen molar-refractivity contribution in [1.82, 2.24) is 9.88 Å². The Labute approximate surface area is 247 Å². The van der Waals surface area contributed by atoms with E-state index in [2.05, 4.69) is 10.6 Å². The molecule has 3 rings (SSSR count). The van der Waals surface area contributed by atoms with E-state index in [4.69, 9.17) is 4.74 Å². The number of amides is 2. The molecule has 2 N–H and O–H groups in total. The Bertz CT molecular complexity index is 1240. The van der Waals surface area contributed by atoms with Crippen LogP contribution in [0.4, 0.5) is 10.5 Å². The first-order chi connectivity index (χ1) is 15.7. The molecule has 2 aromatic carbocycles. The van der Waals surface area contributed by atoms with E-state index in [1.54, 1.807) is 31.2 Å². The SMILES string of the molecule is Cc1ccccc1Oc1ccc([C@H](CC(=O)[O-])NC(=O)Nc2c([O-])cc(C)n(C)c2=O)cc1.[Na+].[Na+].